The minimum Gasteiger partial charge on any atom is -0.490 e. The van der Waals surface area contributed by atoms with E-state index in [4.69, 9.17) is 9.47 Å². The molecule has 0 spiro atoms. The van der Waals surface area contributed by atoms with Crippen LogP contribution in [0.2, 0.25) is 0 Å². The van der Waals surface area contributed by atoms with Gasteiger partial charge in [0.25, 0.3) is 0 Å². The third-order valence-corrected chi connectivity index (χ3v) is 2.10. The number of carbonyl (C=O) groups excluding carboxylic acids is 1. The molecule has 0 aromatic heterocycles. The molecule has 0 aliphatic rings. The maximum Gasteiger partial charge on any atom is 0.338 e. The van der Waals surface area contributed by atoms with Crippen LogP contribution in [0.25, 0.3) is 0 Å². The Labute approximate surface area is 77.1 Å². The molecular formula is C8H14O3S. The van der Waals surface area contributed by atoms with Gasteiger partial charge in [0.05, 0.1) is 19.3 Å². The van der Waals surface area contributed by atoms with Crippen LogP contribution in [-0.2, 0) is 14.3 Å². The van der Waals surface area contributed by atoms with Crippen LogP contribution in [0.4, 0.5) is 0 Å². The molecule has 0 fully saturated rings. The highest BCUT2D eigenvalue weighted by Gasteiger charge is 2.10. The van der Waals surface area contributed by atoms with Crippen LogP contribution in [-0.4, -0.2) is 25.9 Å². The first-order valence-corrected chi connectivity index (χ1v) is 4.85. The Morgan fingerprint density at radius 1 is 1.50 bits per heavy atom. The van der Waals surface area contributed by atoms with E-state index < -0.39 is 0 Å². The van der Waals surface area contributed by atoms with Crippen LogP contribution in [0.15, 0.2) is 10.7 Å². The second-order valence-electron chi connectivity index (χ2n) is 2.04. The number of hydrogen-bond acceptors (Lipinski definition) is 4. The van der Waals surface area contributed by atoms with E-state index in [0.29, 0.717) is 17.3 Å². The molecule has 3 nitrogen and oxygen atoms in total. The second-order valence-corrected chi connectivity index (χ2v) is 2.82. The highest BCUT2D eigenvalue weighted by Crippen LogP contribution is 2.17. The van der Waals surface area contributed by atoms with Gasteiger partial charge < -0.3 is 9.47 Å². The molecule has 0 amide bonds. The maximum atomic E-state index is 11.1. The number of methoxy groups -OCH3 is 1. The van der Waals surface area contributed by atoms with E-state index in [9.17, 15) is 4.79 Å². The number of esters is 1. The lowest BCUT2D eigenvalue weighted by atomic mass is 10.3. The zero-order valence-corrected chi connectivity index (χ0v) is 8.66. The van der Waals surface area contributed by atoms with Gasteiger partial charge >= 0.3 is 5.97 Å². The highest BCUT2D eigenvalue weighted by molar-refractivity contribution is 8.02. The Kier molecular flexibility index (Phi) is 5.62. The monoisotopic (exact) mass is 190 g/mol. The van der Waals surface area contributed by atoms with Gasteiger partial charge in [-0.25, -0.2) is 4.79 Å². The summed E-state index contributed by atoms with van der Waals surface area (Å²) < 4.78 is 9.77. The van der Waals surface area contributed by atoms with Gasteiger partial charge in [-0.05, 0) is 20.1 Å². The van der Waals surface area contributed by atoms with Gasteiger partial charge in [-0.15, -0.1) is 0 Å². The highest BCUT2D eigenvalue weighted by atomic mass is 32.2. The van der Waals surface area contributed by atoms with Crippen molar-refractivity contribution >= 4 is 17.7 Å². The summed E-state index contributed by atoms with van der Waals surface area (Å²) in [6.07, 6.45) is 1.85. The quantitative estimate of drug-likeness (QED) is 0.384. The molecule has 70 valence electrons. The van der Waals surface area contributed by atoms with E-state index in [1.807, 2.05) is 6.26 Å². The molecule has 0 rings (SSSR count). The van der Waals surface area contributed by atoms with E-state index >= 15 is 0 Å². The largest absolute Gasteiger partial charge is 0.490 e. The Morgan fingerprint density at radius 3 is 2.42 bits per heavy atom. The first kappa shape index (κ1) is 11.4. The SMILES string of the molecule is CCOC(=O)/C(C)=C(/OC)SC. The lowest BCUT2D eigenvalue weighted by Gasteiger charge is -2.06. The van der Waals surface area contributed by atoms with E-state index in [1.165, 1.54) is 18.9 Å². The third-order valence-electron chi connectivity index (χ3n) is 1.26. The third kappa shape index (κ3) is 3.17. The molecule has 0 bridgehead atoms. The molecule has 4 heteroatoms. The Hall–Kier alpha value is -0.640. The number of thioether (sulfide) groups is 1. The molecule has 0 saturated heterocycles. The summed E-state index contributed by atoms with van der Waals surface area (Å²) in [4.78, 5) is 11.1. The fraction of sp³-hybridized carbons (Fsp3) is 0.625. The molecule has 0 unspecified atom stereocenters. The van der Waals surface area contributed by atoms with E-state index in [0.717, 1.165) is 0 Å². The van der Waals surface area contributed by atoms with Crippen molar-refractivity contribution in [1.29, 1.82) is 0 Å². The predicted octanol–water partition coefficient (Wildman–Crippen LogP) is 1.79. The number of rotatable bonds is 4. The molecule has 0 atom stereocenters. The van der Waals surface area contributed by atoms with E-state index in [2.05, 4.69) is 0 Å². The van der Waals surface area contributed by atoms with Crippen molar-refractivity contribution < 1.29 is 14.3 Å². The lowest BCUT2D eigenvalue weighted by Crippen LogP contribution is -2.07. The Bertz CT molecular complexity index is 181. The van der Waals surface area contributed by atoms with Crippen LogP contribution in [0.1, 0.15) is 13.8 Å². The van der Waals surface area contributed by atoms with Crippen molar-refractivity contribution in [2.75, 3.05) is 20.0 Å². The molecule has 0 aliphatic carbocycles. The van der Waals surface area contributed by atoms with Gasteiger partial charge in [0.1, 0.15) is 0 Å². The molecule has 0 saturated carbocycles. The Morgan fingerprint density at radius 2 is 2.08 bits per heavy atom. The number of carbonyl (C=O) groups is 1. The standard InChI is InChI=1S/C8H14O3S/c1-5-11-7(9)6(2)8(10-3)12-4/h5H2,1-4H3/b8-6-. The van der Waals surface area contributed by atoms with Crippen molar-refractivity contribution in [2.45, 2.75) is 13.8 Å². The summed E-state index contributed by atoms with van der Waals surface area (Å²) >= 11 is 1.39. The predicted molar refractivity (Wildman–Crippen MR) is 49.9 cm³/mol. The van der Waals surface area contributed by atoms with E-state index in [1.54, 1.807) is 13.8 Å². The van der Waals surface area contributed by atoms with Gasteiger partial charge in [0, 0.05) is 0 Å². The first-order chi connectivity index (χ1) is 5.67. The van der Waals surface area contributed by atoms with Crippen molar-refractivity contribution in [1.82, 2.24) is 0 Å². The Balaban J connectivity index is 4.39. The molecular weight excluding hydrogens is 176 g/mol. The summed E-state index contributed by atoms with van der Waals surface area (Å²) in [5.74, 6) is -0.316. The first-order valence-electron chi connectivity index (χ1n) is 3.63. The summed E-state index contributed by atoms with van der Waals surface area (Å²) in [7, 11) is 1.54. The van der Waals surface area contributed by atoms with Gasteiger partial charge in [-0.2, -0.15) is 0 Å². The van der Waals surface area contributed by atoms with Gasteiger partial charge in [-0.1, -0.05) is 11.8 Å². The summed E-state index contributed by atoms with van der Waals surface area (Å²) in [5, 5.41) is 0.605. The maximum absolute atomic E-state index is 11.1. The van der Waals surface area contributed by atoms with E-state index in [-0.39, 0.29) is 5.97 Å². The summed E-state index contributed by atoms with van der Waals surface area (Å²) in [6.45, 7) is 3.85. The van der Waals surface area contributed by atoms with Crippen LogP contribution >= 0.6 is 11.8 Å². The number of ether oxygens (including phenoxy) is 2. The van der Waals surface area contributed by atoms with Crippen LogP contribution < -0.4 is 0 Å². The molecule has 0 aliphatic heterocycles. The zero-order chi connectivity index (χ0) is 9.56. The van der Waals surface area contributed by atoms with Gasteiger partial charge in [-0.3, -0.25) is 0 Å². The molecule has 12 heavy (non-hydrogen) atoms. The van der Waals surface area contributed by atoms with Crippen LogP contribution in [0.3, 0.4) is 0 Å². The molecule has 0 heterocycles. The van der Waals surface area contributed by atoms with Crippen molar-refractivity contribution in [3.63, 3.8) is 0 Å². The summed E-state index contributed by atoms with van der Waals surface area (Å²) in [6, 6.07) is 0. The number of hydrogen-bond donors (Lipinski definition) is 0. The van der Waals surface area contributed by atoms with Crippen molar-refractivity contribution in [3.8, 4) is 0 Å². The minimum atomic E-state index is -0.316. The van der Waals surface area contributed by atoms with Crippen LogP contribution in [0, 0.1) is 0 Å². The normalized spacial score (nSPS) is 12.0. The fourth-order valence-corrected chi connectivity index (χ4v) is 1.27. The van der Waals surface area contributed by atoms with Crippen molar-refractivity contribution in [2.24, 2.45) is 0 Å². The molecule has 0 radical (unpaired) electrons. The molecule has 0 aromatic carbocycles. The average Bonchev–Trinajstić information content (AvgIpc) is 2.07. The smallest absolute Gasteiger partial charge is 0.338 e. The second kappa shape index (κ2) is 5.94. The topological polar surface area (TPSA) is 35.5 Å². The van der Waals surface area contributed by atoms with Gasteiger partial charge in [0.2, 0.25) is 0 Å². The molecule has 0 N–H and O–H groups in total. The van der Waals surface area contributed by atoms with Gasteiger partial charge in [0.15, 0.2) is 5.09 Å². The fourth-order valence-electron chi connectivity index (χ4n) is 0.712. The summed E-state index contributed by atoms with van der Waals surface area (Å²) in [5.41, 5.74) is 0.520. The zero-order valence-electron chi connectivity index (χ0n) is 7.84. The lowest BCUT2D eigenvalue weighted by molar-refractivity contribution is -0.138. The average molecular weight is 190 g/mol. The van der Waals surface area contributed by atoms with Crippen molar-refractivity contribution in [3.05, 3.63) is 10.7 Å². The molecule has 0 aromatic rings. The van der Waals surface area contributed by atoms with Crippen LogP contribution in [0.5, 0.6) is 0 Å². The minimum absolute atomic E-state index is 0.316.